The Hall–Kier alpha value is -0.860. The number of aliphatic hydroxyl groups is 1. The second-order valence-corrected chi connectivity index (χ2v) is 5.57. The number of aliphatic hydroxyl groups excluding tert-OH is 1. The summed E-state index contributed by atoms with van der Waals surface area (Å²) in [6.45, 7) is 0.729. The monoisotopic (exact) mass is 372 g/mol. The van der Waals surface area contributed by atoms with Crippen LogP contribution in [0.1, 0.15) is 11.6 Å². The van der Waals surface area contributed by atoms with E-state index in [0.29, 0.717) is 26.2 Å². The van der Waals surface area contributed by atoms with Crippen LogP contribution in [0.4, 0.5) is 8.78 Å². The molecule has 1 aliphatic rings. The van der Waals surface area contributed by atoms with Crippen LogP contribution in [0.5, 0.6) is 11.5 Å². The molecule has 0 aliphatic carbocycles. The number of phenols is 1. The third-order valence-corrected chi connectivity index (χ3v) is 4.00. The van der Waals surface area contributed by atoms with Gasteiger partial charge in [-0.1, -0.05) is 11.6 Å². The molecule has 23 heavy (non-hydrogen) atoms. The van der Waals surface area contributed by atoms with Crippen molar-refractivity contribution in [3.05, 3.63) is 22.7 Å². The molecule has 0 saturated carbocycles. The number of aromatic hydroxyl groups is 1. The van der Waals surface area contributed by atoms with Crippen LogP contribution in [0.25, 0.3) is 0 Å². The van der Waals surface area contributed by atoms with Gasteiger partial charge in [-0.25, -0.2) is 8.78 Å². The fraction of sp³-hybridized carbons (Fsp3) is 0.571. The Morgan fingerprint density at radius 2 is 2.00 bits per heavy atom. The maximum absolute atomic E-state index is 14.3. The topological polar surface area (TPSA) is 65.0 Å². The Kier molecular flexibility index (Phi) is 7.29. The highest BCUT2D eigenvalue weighted by molar-refractivity contribution is 6.32. The average molecular weight is 373 g/mol. The highest BCUT2D eigenvalue weighted by atomic mass is 35.5. The Morgan fingerprint density at radius 1 is 1.39 bits per heavy atom. The molecule has 1 aromatic carbocycles. The quantitative estimate of drug-likeness (QED) is 0.738. The summed E-state index contributed by atoms with van der Waals surface area (Å²) in [5, 5.41) is 21.9. The Bertz CT molecular complexity index is 529. The highest BCUT2D eigenvalue weighted by Crippen LogP contribution is 2.42. The Balaban J connectivity index is 0.00000264. The minimum absolute atomic E-state index is 0. The maximum atomic E-state index is 14.3. The van der Waals surface area contributed by atoms with Crippen molar-refractivity contribution >= 4 is 24.0 Å². The molecule has 2 rings (SSSR count). The molecule has 1 aromatic rings. The van der Waals surface area contributed by atoms with E-state index in [-0.39, 0.29) is 34.5 Å². The molecular formula is C14H20Cl2F2N2O3. The van der Waals surface area contributed by atoms with Crippen LogP contribution < -0.4 is 10.1 Å². The van der Waals surface area contributed by atoms with E-state index in [1.807, 2.05) is 0 Å². The Morgan fingerprint density at radius 3 is 2.52 bits per heavy atom. The van der Waals surface area contributed by atoms with Gasteiger partial charge in [-0.3, -0.25) is 4.90 Å². The van der Waals surface area contributed by atoms with E-state index in [0.717, 1.165) is 0 Å². The second kappa shape index (κ2) is 8.30. The number of nitrogens with one attached hydrogen (secondary N) is 1. The number of alkyl halides is 2. The zero-order valence-corrected chi connectivity index (χ0v) is 14.1. The van der Waals surface area contributed by atoms with Gasteiger partial charge in [0.2, 0.25) is 0 Å². The molecule has 0 amide bonds. The van der Waals surface area contributed by atoms with Crippen molar-refractivity contribution in [3.63, 3.8) is 0 Å². The van der Waals surface area contributed by atoms with E-state index in [2.05, 4.69) is 5.32 Å². The number of phenolic OH excluding ortho intramolecular Hbond substituents is 1. The molecule has 1 fully saturated rings. The largest absolute Gasteiger partial charge is 0.503 e. The summed E-state index contributed by atoms with van der Waals surface area (Å²) in [7, 11) is 1.32. The lowest BCUT2D eigenvalue weighted by atomic mass is 9.97. The number of methoxy groups -OCH3 is 1. The molecule has 0 unspecified atom stereocenters. The van der Waals surface area contributed by atoms with Crippen LogP contribution in [0.3, 0.4) is 0 Å². The molecule has 0 aromatic heterocycles. The summed E-state index contributed by atoms with van der Waals surface area (Å²) < 4.78 is 33.6. The summed E-state index contributed by atoms with van der Waals surface area (Å²) in [6, 6.07) is 1.28. The summed E-state index contributed by atoms with van der Waals surface area (Å²) in [6.07, 6.45) is 0. The predicted molar refractivity (Wildman–Crippen MR) is 86.1 cm³/mol. The van der Waals surface area contributed by atoms with Crippen LogP contribution in [-0.2, 0) is 0 Å². The second-order valence-electron chi connectivity index (χ2n) is 5.16. The van der Waals surface area contributed by atoms with E-state index in [9.17, 15) is 13.9 Å². The number of halogens is 4. The first kappa shape index (κ1) is 20.2. The average Bonchev–Trinajstić information content (AvgIpc) is 2.51. The SMILES string of the molecule is COc1cc([C@@H](N2CCNCC2)C(F)(F)CO)cc(Cl)c1O.Cl. The van der Waals surface area contributed by atoms with E-state index in [1.54, 1.807) is 4.90 Å². The third-order valence-electron chi connectivity index (χ3n) is 3.71. The smallest absolute Gasteiger partial charge is 0.289 e. The van der Waals surface area contributed by atoms with Gasteiger partial charge in [-0.2, -0.15) is 0 Å². The normalized spacial score (nSPS) is 17.4. The first-order chi connectivity index (χ1) is 10.4. The van der Waals surface area contributed by atoms with Gasteiger partial charge < -0.3 is 20.3 Å². The molecule has 0 bridgehead atoms. The van der Waals surface area contributed by atoms with Crippen LogP contribution in [0.2, 0.25) is 5.02 Å². The van der Waals surface area contributed by atoms with E-state index < -0.39 is 18.6 Å². The number of hydrogen-bond acceptors (Lipinski definition) is 5. The molecule has 1 heterocycles. The highest BCUT2D eigenvalue weighted by Gasteiger charge is 2.44. The molecule has 1 atom stereocenters. The van der Waals surface area contributed by atoms with Crippen molar-refractivity contribution in [2.24, 2.45) is 0 Å². The molecule has 1 saturated heterocycles. The van der Waals surface area contributed by atoms with Gasteiger partial charge in [-0.15, -0.1) is 12.4 Å². The number of piperazine rings is 1. The van der Waals surface area contributed by atoms with Crippen LogP contribution in [0, 0.1) is 0 Å². The van der Waals surface area contributed by atoms with Gasteiger partial charge in [0.05, 0.1) is 12.1 Å². The van der Waals surface area contributed by atoms with Gasteiger partial charge >= 0.3 is 0 Å². The number of ether oxygens (including phenoxy) is 1. The zero-order chi connectivity index (χ0) is 16.3. The van der Waals surface area contributed by atoms with Gasteiger partial charge in [0, 0.05) is 26.2 Å². The third kappa shape index (κ3) is 4.36. The first-order valence-electron chi connectivity index (χ1n) is 6.90. The lowest BCUT2D eigenvalue weighted by molar-refractivity contribution is -0.118. The molecule has 1 aliphatic heterocycles. The number of benzene rings is 1. The first-order valence-corrected chi connectivity index (χ1v) is 7.28. The van der Waals surface area contributed by atoms with Crippen molar-refractivity contribution in [1.29, 1.82) is 0 Å². The molecular weight excluding hydrogens is 353 g/mol. The summed E-state index contributed by atoms with van der Waals surface area (Å²) in [4.78, 5) is 1.59. The zero-order valence-electron chi connectivity index (χ0n) is 12.6. The predicted octanol–water partition coefficient (Wildman–Crippen LogP) is 2.05. The van der Waals surface area contributed by atoms with Gasteiger partial charge in [0.25, 0.3) is 5.92 Å². The standard InChI is InChI=1S/C14H19ClF2N2O3.ClH/c1-22-11-7-9(6-10(15)12(11)21)13(14(16,17)8-20)19-4-2-18-3-5-19;/h6-7,13,18,20-21H,2-5,8H2,1H3;1H/t13-;/m1./s1. The summed E-state index contributed by atoms with van der Waals surface area (Å²) in [5.74, 6) is -3.61. The van der Waals surface area contributed by atoms with Gasteiger partial charge in [-0.05, 0) is 17.7 Å². The van der Waals surface area contributed by atoms with E-state index in [4.69, 9.17) is 21.4 Å². The van der Waals surface area contributed by atoms with Crippen molar-refractivity contribution in [2.45, 2.75) is 12.0 Å². The fourth-order valence-corrected chi connectivity index (χ4v) is 2.87. The molecule has 3 N–H and O–H groups in total. The van der Waals surface area contributed by atoms with Gasteiger partial charge in [0.1, 0.15) is 12.6 Å². The van der Waals surface area contributed by atoms with Crippen molar-refractivity contribution in [3.8, 4) is 11.5 Å². The molecule has 0 spiro atoms. The fourth-order valence-electron chi connectivity index (χ4n) is 2.66. The summed E-state index contributed by atoms with van der Waals surface area (Å²) >= 11 is 5.91. The maximum Gasteiger partial charge on any atom is 0.289 e. The molecule has 5 nitrogen and oxygen atoms in total. The van der Waals surface area contributed by atoms with Crippen LogP contribution >= 0.6 is 24.0 Å². The van der Waals surface area contributed by atoms with Crippen molar-refractivity contribution in [1.82, 2.24) is 10.2 Å². The van der Waals surface area contributed by atoms with E-state index >= 15 is 0 Å². The minimum Gasteiger partial charge on any atom is -0.503 e. The van der Waals surface area contributed by atoms with E-state index in [1.165, 1.54) is 19.2 Å². The lowest BCUT2D eigenvalue weighted by Crippen LogP contribution is -2.51. The molecule has 0 radical (unpaired) electrons. The van der Waals surface area contributed by atoms with Crippen LogP contribution in [0.15, 0.2) is 12.1 Å². The number of hydrogen-bond donors (Lipinski definition) is 3. The van der Waals surface area contributed by atoms with Crippen molar-refractivity contribution < 1.29 is 23.7 Å². The lowest BCUT2D eigenvalue weighted by Gasteiger charge is -2.38. The summed E-state index contributed by atoms with van der Waals surface area (Å²) in [5.41, 5.74) is 0.195. The molecule has 9 heteroatoms. The van der Waals surface area contributed by atoms with Crippen LogP contribution in [-0.4, -0.2) is 60.9 Å². The number of nitrogens with zero attached hydrogens (tertiary/aromatic N) is 1. The number of rotatable bonds is 5. The Labute approximate surface area is 144 Å². The van der Waals surface area contributed by atoms with Gasteiger partial charge in [0.15, 0.2) is 11.5 Å². The minimum atomic E-state index is -3.34. The molecule has 132 valence electrons. The van der Waals surface area contributed by atoms with Crippen molar-refractivity contribution in [2.75, 3.05) is 39.9 Å².